The number of amides is 3. The first kappa shape index (κ1) is 22.1. The first-order valence-electron chi connectivity index (χ1n) is 7.21. The van der Waals surface area contributed by atoms with Crippen molar-refractivity contribution in [2.75, 3.05) is 18.9 Å². The van der Waals surface area contributed by atoms with Crippen LogP contribution in [0.3, 0.4) is 0 Å². The van der Waals surface area contributed by atoms with Gasteiger partial charge in [0.1, 0.15) is 18.1 Å². The number of rotatable bonds is 10. The summed E-state index contributed by atoms with van der Waals surface area (Å²) in [5.74, 6) is -3.67. The van der Waals surface area contributed by atoms with Crippen molar-refractivity contribution in [2.24, 2.45) is 11.7 Å². The highest BCUT2D eigenvalue weighted by Crippen LogP contribution is 2.02. The van der Waals surface area contributed by atoms with Gasteiger partial charge in [-0.2, -0.15) is 12.6 Å². The SMILES string of the molecule is CC(C)C(NC(=O)C(N)CO)C(=O)NCC(=O)NC(CS)C(=O)O. The van der Waals surface area contributed by atoms with Gasteiger partial charge in [-0.05, 0) is 5.92 Å². The maximum absolute atomic E-state index is 12.1. The van der Waals surface area contributed by atoms with Crippen LogP contribution in [0.15, 0.2) is 0 Å². The number of aliphatic carboxylic acids is 1. The number of carboxylic acids is 1. The molecule has 0 saturated carbocycles. The van der Waals surface area contributed by atoms with Crippen LogP contribution in [0.4, 0.5) is 0 Å². The summed E-state index contributed by atoms with van der Waals surface area (Å²) in [6.07, 6.45) is 0. The van der Waals surface area contributed by atoms with Crippen LogP contribution < -0.4 is 21.7 Å². The van der Waals surface area contributed by atoms with E-state index in [0.29, 0.717) is 0 Å². The minimum Gasteiger partial charge on any atom is -0.480 e. The van der Waals surface area contributed by atoms with Crippen LogP contribution in [0.5, 0.6) is 0 Å². The summed E-state index contributed by atoms with van der Waals surface area (Å²) in [6, 6.07) is -3.28. The molecule has 0 aliphatic rings. The minimum absolute atomic E-state index is 0.0985. The van der Waals surface area contributed by atoms with Crippen molar-refractivity contribution in [1.29, 1.82) is 0 Å². The summed E-state index contributed by atoms with van der Waals surface area (Å²) in [5.41, 5.74) is 5.37. The highest BCUT2D eigenvalue weighted by atomic mass is 32.1. The lowest BCUT2D eigenvalue weighted by molar-refractivity contribution is -0.141. The van der Waals surface area contributed by atoms with Gasteiger partial charge in [0.05, 0.1) is 13.2 Å². The average Bonchev–Trinajstić information content (AvgIpc) is 2.53. The van der Waals surface area contributed by atoms with Crippen LogP contribution in [0.1, 0.15) is 13.8 Å². The van der Waals surface area contributed by atoms with Gasteiger partial charge in [-0.1, -0.05) is 13.8 Å². The highest BCUT2D eigenvalue weighted by molar-refractivity contribution is 7.80. The van der Waals surface area contributed by atoms with Crippen LogP contribution in [0, 0.1) is 5.92 Å². The summed E-state index contributed by atoms with van der Waals surface area (Å²) < 4.78 is 0. The van der Waals surface area contributed by atoms with Crippen molar-refractivity contribution in [3.05, 3.63) is 0 Å². The van der Waals surface area contributed by atoms with E-state index in [0.717, 1.165) is 0 Å². The fourth-order valence-corrected chi connectivity index (χ4v) is 1.83. The molecule has 0 saturated heterocycles. The zero-order valence-corrected chi connectivity index (χ0v) is 14.4. The lowest BCUT2D eigenvalue weighted by Gasteiger charge is -2.23. The lowest BCUT2D eigenvalue weighted by atomic mass is 10.0. The lowest BCUT2D eigenvalue weighted by Crippen LogP contribution is -2.56. The van der Waals surface area contributed by atoms with Gasteiger partial charge in [-0.25, -0.2) is 4.79 Å². The van der Waals surface area contributed by atoms with Crippen LogP contribution in [-0.2, 0) is 19.2 Å². The number of thiol groups is 1. The van der Waals surface area contributed by atoms with E-state index < -0.39 is 55.0 Å². The number of carboxylic acid groups (broad SMARTS) is 1. The molecule has 0 aliphatic carbocycles. The van der Waals surface area contributed by atoms with Gasteiger partial charge in [0.2, 0.25) is 17.7 Å². The third kappa shape index (κ3) is 7.62. The molecule has 11 heteroatoms. The predicted octanol–water partition coefficient (Wildman–Crippen LogP) is -2.94. The molecule has 0 bridgehead atoms. The van der Waals surface area contributed by atoms with Crippen LogP contribution >= 0.6 is 12.6 Å². The van der Waals surface area contributed by atoms with Crippen LogP contribution in [0.25, 0.3) is 0 Å². The standard InChI is InChI=1S/C13H24N4O6S/c1-6(2)10(17-11(20)7(14)4-18)12(21)15-3-9(19)16-8(5-24)13(22)23/h6-8,10,18,24H,3-5,14H2,1-2H3,(H,15,21)(H,16,19)(H,17,20)(H,22,23). The maximum Gasteiger partial charge on any atom is 0.327 e. The molecule has 0 heterocycles. The van der Waals surface area contributed by atoms with E-state index in [2.05, 4.69) is 28.6 Å². The fourth-order valence-electron chi connectivity index (χ4n) is 1.59. The number of aliphatic hydroxyl groups excluding tert-OH is 1. The number of carbonyl (C=O) groups excluding carboxylic acids is 3. The smallest absolute Gasteiger partial charge is 0.327 e. The first-order chi connectivity index (χ1) is 11.1. The van der Waals surface area contributed by atoms with Gasteiger partial charge in [0.25, 0.3) is 0 Å². The minimum atomic E-state index is -1.24. The average molecular weight is 364 g/mol. The normalized spacial score (nSPS) is 14.4. The van der Waals surface area contributed by atoms with E-state index >= 15 is 0 Å². The zero-order valence-electron chi connectivity index (χ0n) is 13.5. The second kappa shape index (κ2) is 10.8. The van der Waals surface area contributed by atoms with Gasteiger partial charge in [0, 0.05) is 5.75 Å². The summed E-state index contributed by atoms with van der Waals surface area (Å²) in [7, 11) is 0. The summed E-state index contributed by atoms with van der Waals surface area (Å²) in [4.78, 5) is 46.2. The number of carbonyl (C=O) groups is 4. The number of aliphatic hydroxyl groups is 1. The quantitative estimate of drug-likeness (QED) is 0.203. The molecule has 0 aromatic carbocycles. The van der Waals surface area contributed by atoms with Gasteiger partial charge in [0.15, 0.2) is 0 Å². The van der Waals surface area contributed by atoms with E-state index in [9.17, 15) is 19.2 Å². The molecular weight excluding hydrogens is 340 g/mol. The maximum atomic E-state index is 12.1. The molecule has 0 spiro atoms. The molecule has 0 fully saturated rings. The van der Waals surface area contributed by atoms with Crippen molar-refractivity contribution < 1.29 is 29.4 Å². The Morgan fingerprint density at radius 2 is 1.71 bits per heavy atom. The summed E-state index contributed by atoms with van der Waals surface area (Å²) in [5, 5.41) is 24.5. The number of nitrogens with two attached hydrogens (primary N) is 1. The van der Waals surface area contributed by atoms with Gasteiger partial charge < -0.3 is 31.9 Å². The van der Waals surface area contributed by atoms with E-state index in [-0.39, 0.29) is 11.7 Å². The number of hydrogen-bond acceptors (Lipinski definition) is 7. The Labute approximate surface area is 144 Å². The molecule has 0 rings (SSSR count). The molecule has 24 heavy (non-hydrogen) atoms. The Hall–Kier alpha value is -1.85. The van der Waals surface area contributed by atoms with Crippen molar-refractivity contribution in [3.8, 4) is 0 Å². The third-order valence-electron chi connectivity index (χ3n) is 3.02. The van der Waals surface area contributed by atoms with E-state index in [1.54, 1.807) is 13.8 Å². The van der Waals surface area contributed by atoms with Gasteiger partial charge >= 0.3 is 5.97 Å². The van der Waals surface area contributed by atoms with Crippen LogP contribution in [-0.4, -0.2) is 70.9 Å². The second-order valence-electron chi connectivity index (χ2n) is 5.38. The Kier molecular flexibility index (Phi) is 10.0. The number of hydrogen-bond donors (Lipinski definition) is 7. The molecular formula is C13H24N4O6S. The molecule has 7 N–H and O–H groups in total. The molecule has 10 nitrogen and oxygen atoms in total. The predicted molar refractivity (Wildman–Crippen MR) is 88.3 cm³/mol. The van der Waals surface area contributed by atoms with E-state index in [1.807, 2.05) is 0 Å². The topological polar surface area (TPSA) is 171 Å². The first-order valence-corrected chi connectivity index (χ1v) is 7.84. The monoisotopic (exact) mass is 364 g/mol. The van der Waals surface area contributed by atoms with Crippen molar-refractivity contribution in [1.82, 2.24) is 16.0 Å². The second-order valence-corrected chi connectivity index (χ2v) is 5.74. The van der Waals surface area contributed by atoms with Crippen molar-refractivity contribution >= 4 is 36.3 Å². The molecule has 3 unspecified atom stereocenters. The molecule has 0 aliphatic heterocycles. The Bertz CT molecular complexity index is 473. The molecule has 3 atom stereocenters. The largest absolute Gasteiger partial charge is 0.480 e. The Morgan fingerprint density at radius 3 is 2.12 bits per heavy atom. The zero-order chi connectivity index (χ0) is 18.9. The van der Waals surface area contributed by atoms with Crippen LogP contribution in [0.2, 0.25) is 0 Å². The highest BCUT2D eigenvalue weighted by Gasteiger charge is 2.27. The molecule has 3 amide bonds. The molecule has 138 valence electrons. The van der Waals surface area contributed by atoms with Crippen molar-refractivity contribution in [3.63, 3.8) is 0 Å². The van der Waals surface area contributed by atoms with Gasteiger partial charge in [-0.15, -0.1) is 0 Å². The number of nitrogens with one attached hydrogen (secondary N) is 3. The molecule has 0 aromatic heterocycles. The summed E-state index contributed by atoms with van der Waals surface area (Å²) in [6.45, 7) is 2.33. The Morgan fingerprint density at radius 1 is 1.12 bits per heavy atom. The third-order valence-corrected chi connectivity index (χ3v) is 3.38. The van der Waals surface area contributed by atoms with E-state index in [1.165, 1.54) is 0 Å². The summed E-state index contributed by atoms with van der Waals surface area (Å²) >= 11 is 3.80. The fraction of sp³-hybridized carbons (Fsp3) is 0.692. The van der Waals surface area contributed by atoms with Crippen molar-refractivity contribution in [2.45, 2.75) is 32.0 Å². The Balaban J connectivity index is 4.60. The van der Waals surface area contributed by atoms with E-state index in [4.69, 9.17) is 15.9 Å². The van der Waals surface area contributed by atoms with Gasteiger partial charge in [-0.3, -0.25) is 14.4 Å². The molecule has 0 aromatic rings. The molecule has 0 radical (unpaired) electrons.